The van der Waals surface area contributed by atoms with Crippen molar-refractivity contribution in [3.8, 4) is 16.9 Å². The number of anilines is 2. The van der Waals surface area contributed by atoms with E-state index in [2.05, 4.69) is 15.6 Å². The molecule has 0 saturated carbocycles. The molecule has 43 heavy (non-hydrogen) atoms. The van der Waals surface area contributed by atoms with Gasteiger partial charge in [-0.25, -0.2) is 4.98 Å². The zero-order valence-corrected chi connectivity index (χ0v) is 24.8. The zero-order valence-electron chi connectivity index (χ0n) is 24.0. The molecule has 0 spiro atoms. The lowest BCUT2D eigenvalue weighted by Crippen LogP contribution is -2.24. The highest BCUT2D eigenvalue weighted by Crippen LogP contribution is 2.41. The molecular formula is C32H31N5O5S. The van der Waals surface area contributed by atoms with E-state index in [0.29, 0.717) is 29.6 Å². The molecule has 3 aromatic heterocycles. The number of amides is 2. The van der Waals surface area contributed by atoms with Crippen molar-refractivity contribution in [2.75, 3.05) is 31.3 Å². The topological polar surface area (TPSA) is 138 Å². The maximum absolute atomic E-state index is 13.2. The highest BCUT2D eigenvalue weighted by Gasteiger charge is 2.18. The van der Waals surface area contributed by atoms with Gasteiger partial charge in [0.25, 0.3) is 5.91 Å². The SMILES string of the molecule is CCOC(=O)CCNC(=O)C=Cc1cnc(N)c2c(-c3ccc(NC(=O)c4cc5ccccc5n4C)c(OC)c3)csc12. The summed E-state index contributed by atoms with van der Waals surface area (Å²) in [5.41, 5.74) is 10.8. The first-order valence-electron chi connectivity index (χ1n) is 13.6. The molecule has 2 amide bonds. The Balaban J connectivity index is 1.36. The van der Waals surface area contributed by atoms with Crippen molar-refractivity contribution in [3.05, 3.63) is 77.4 Å². The van der Waals surface area contributed by atoms with Crippen LogP contribution in [0.1, 0.15) is 29.4 Å². The van der Waals surface area contributed by atoms with Gasteiger partial charge in [-0.1, -0.05) is 24.3 Å². The number of carbonyl (C=O) groups is 3. The van der Waals surface area contributed by atoms with Gasteiger partial charge in [0, 0.05) is 58.0 Å². The van der Waals surface area contributed by atoms with Gasteiger partial charge in [-0.3, -0.25) is 14.4 Å². The molecule has 11 heteroatoms. The number of hydrogen-bond acceptors (Lipinski definition) is 8. The number of benzene rings is 2. The van der Waals surface area contributed by atoms with Gasteiger partial charge in [-0.05, 0) is 48.2 Å². The van der Waals surface area contributed by atoms with Gasteiger partial charge in [-0.2, -0.15) is 0 Å². The smallest absolute Gasteiger partial charge is 0.307 e. The Hall–Kier alpha value is -5.16. The lowest BCUT2D eigenvalue weighted by atomic mass is 10.0. The number of aromatic nitrogens is 2. The summed E-state index contributed by atoms with van der Waals surface area (Å²) < 4.78 is 13.2. The Morgan fingerprint density at radius 3 is 2.72 bits per heavy atom. The number of nitrogens with two attached hydrogens (primary N) is 1. The van der Waals surface area contributed by atoms with Crippen LogP contribution in [0.25, 0.3) is 38.2 Å². The molecule has 0 aliphatic rings. The van der Waals surface area contributed by atoms with Gasteiger partial charge in [0.05, 0.1) is 25.8 Å². The number of carbonyl (C=O) groups excluding carboxylic acids is 3. The Bertz CT molecular complexity index is 1870. The molecule has 0 radical (unpaired) electrons. The Kier molecular flexibility index (Phi) is 8.72. The third kappa shape index (κ3) is 6.21. The van der Waals surface area contributed by atoms with E-state index in [1.807, 2.05) is 59.5 Å². The largest absolute Gasteiger partial charge is 0.495 e. The quantitative estimate of drug-likeness (QED) is 0.145. The van der Waals surface area contributed by atoms with Crippen LogP contribution in [0.3, 0.4) is 0 Å². The van der Waals surface area contributed by atoms with Gasteiger partial charge >= 0.3 is 5.97 Å². The van der Waals surface area contributed by atoms with Crippen LogP contribution in [0.5, 0.6) is 5.75 Å². The van der Waals surface area contributed by atoms with Crippen molar-refractivity contribution in [2.24, 2.45) is 7.05 Å². The van der Waals surface area contributed by atoms with Crippen LogP contribution >= 0.6 is 11.3 Å². The van der Waals surface area contributed by atoms with Crippen LogP contribution in [-0.4, -0.2) is 47.6 Å². The van der Waals surface area contributed by atoms with Crippen LogP contribution in [0.4, 0.5) is 11.5 Å². The maximum Gasteiger partial charge on any atom is 0.307 e. The second kappa shape index (κ2) is 12.8. The summed E-state index contributed by atoms with van der Waals surface area (Å²) in [6.07, 6.45) is 4.78. The first kappa shape index (κ1) is 29.3. The minimum absolute atomic E-state index is 0.102. The van der Waals surface area contributed by atoms with E-state index in [0.717, 1.165) is 37.7 Å². The standard InChI is InChI=1S/C32H31N5O5S/c1-4-42-28(39)13-14-34-27(38)12-10-21-17-35-31(33)29-22(18-43-30(21)29)19-9-11-23(26(16-19)41-3)36-32(40)25-15-20-7-5-6-8-24(20)37(25)2/h5-12,15-18H,4,13-14H2,1-3H3,(H2,33,35)(H,34,38)(H,36,40). The van der Waals surface area contributed by atoms with Crippen molar-refractivity contribution in [3.63, 3.8) is 0 Å². The fraction of sp³-hybridized carbons (Fsp3) is 0.188. The van der Waals surface area contributed by atoms with Crippen LogP contribution in [0.2, 0.25) is 0 Å². The van der Waals surface area contributed by atoms with Crippen molar-refractivity contribution in [2.45, 2.75) is 13.3 Å². The number of nitrogens with zero attached hydrogens (tertiary/aromatic N) is 2. The van der Waals surface area contributed by atoms with E-state index >= 15 is 0 Å². The highest BCUT2D eigenvalue weighted by molar-refractivity contribution is 7.18. The number of thiophene rings is 1. The number of fused-ring (bicyclic) bond motifs is 2. The summed E-state index contributed by atoms with van der Waals surface area (Å²) in [4.78, 5) is 41.3. The fourth-order valence-corrected chi connectivity index (χ4v) is 5.90. The van der Waals surface area contributed by atoms with E-state index in [4.69, 9.17) is 15.2 Å². The molecule has 0 fully saturated rings. The van der Waals surface area contributed by atoms with Gasteiger partial charge in [0.15, 0.2) is 0 Å². The van der Waals surface area contributed by atoms with Crippen LogP contribution in [0.15, 0.2) is 66.2 Å². The molecule has 4 N–H and O–H groups in total. The van der Waals surface area contributed by atoms with Gasteiger partial charge in [0.1, 0.15) is 17.3 Å². The first-order chi connectivity index (χ1) is 20.8. The molecule has 0 unspecified atom stereocenters. The van der Waals surface area contributed by atoms with Gasteiger partial charge in [-0.15, -0.1) is 11.3 Å². The summed E-state index contributed by atoms with van der Waals surface area (Å²) in [7, 11) is 3.41. The molecule has 3 heterocycles. The van der Waals surface area contributed by atoms with Crippen LogP contribution in [-0.2, 0) is 21.4 Å². The number of rotatable bonds is 10. The van der Waals surface area contributed by atoms with Gasteiger partial charge in [0.2, 0.25) is 5.91 Å². The van der Waals surface area contributed by atoms with Crippen LogP contribution < -0.4 is 21.1 Å². The summed E-state index contributed by atoms with van der Waals surface area (Å²) in [6.45, 7) is 2.21. The lowest BCUT2D eigenvalue weighted by Gasteiger charge is -2.13. The number of para-hydroxylation sites is 1. The number of esters is 1. The van der Waals surface area contributed by atoms with E-state index in [1.54, 1.807) is 32.4 Å². The normalized spacial score (nSPS) is 11.2. The Morgan fingerprint density at radius 1 is 1.14 bits per heavy atom. The van der Waals surface area contributed by atoms with E-state index in [9.17, 15) is 14.4 Å². The summed E-state index contributed by atoms with van der Waals surface area (Å²) in [5.74, 6) is -0.1000. The number of hydrogen-bond donors (Lipinski definition) is 3. The number of methoxy groups -OCH3 is 1. The van der Waals surface area contributed by atoms with Crippen molar-refractivity contribution >= 4 is 67.7 Å². The molecule has 10 nitrogen and oxygen atoms in total. The minimum atomic E-state index is -0.362. The molecule has 220 valence electrons. The summed E-state index contributed by atoms with van der Waals surface area (Å²) in [5, 5.41) is 9.35. The first-order valence-corrected chi connectivity index (χ1v) is 14.5. The number of ether oxygens (including phenoxy) is 2. The molecule has 5 rings (SSSR count). The lowest BCUT2D eigenvalue weighted by molar-refractivity contribution is -0.142. The molecule has 0 saturated heterocycles. The molecule has 0 aliphatic carbocycles. The van der Waals surface area contributed by atoms with Gasteiger partial charge < -0.3 is 30.4 Å². The molecule has 0 aliphatic heterocycles. The summed E-state index contributed by atoms with van der Waals surface area (Å²) in [6, 6.07) is 15.2. The number of nitrogens with one attached hydrogen (secondary N) is 2. The molecule has 0 bridgehead atoms. The predicted octanol–water partition coefficient (Wildman–Crippen LogP) is 5.38. The molecule has 0 atom stereocenters. The van der Waals surface area contributed by atoms with Crippen LogP contribution in [0, 0.1) is 0 Å². The van der Waals surface area contributed by atoms with Crippen molar-refractivity contribution in [1.29, 1.82) is 0 Å². The van der Waals surface area contributed by atoms with E-state index in [1.165, 1.54) is 17.4 Å². The number of pyridine rings is 1. The third-order valence-corrected chi connectivity index (χ3v) is 7.97. The van der Waals surface area contributed by atoms with Crippen molar-refractivity contribution < 1.29 is 23.9 Å². The van der Waals surface area contributed by atoms with Crippen molar-refractivity contribution in [1.82, 2.24) is 14.9 Å². The monoisotopic (exact) mass is 597 g/mol. The minimum Gasteiger partial charge on any atom is -0.495 e. The average Bonchev–Trinajstić information content (AvgIpc) is 3.60. The third-order valence-electron chi connectivity index (χ3n) is 6.95. The Morgan fingerprint density at radius 2 is 1.95 bits per heavy atom. The van der Waals surface area contributed by atoms with E-state index in [-0.39, 0.29) is 30.7 Å². The second-order valence-electron chi connectivity index (χ2n) is 9.65. The highest BCUT2D eigenvalue weighted by atomic mass is 32.1. The predicted molar refractivity (Wildman–Crippen MR) is 170 cm³/mol. The zero-order chi connectivity index (χ0) is 30.5. The Labute approximate surface area is 252 Å². The summed E-state index contributed by atoms with van der Waals surface area (Å²) >= 11 is 1.48. The average molecular weight is 598 g/mol. The fourth-order valence-electron chi connectivity index (χ4n) is 4.82. The number of nitrogen functional groups attached to an aromatic ring is 1. The molecule has 5 aromatic rings. The number of aryl methyl sites for hydroxylation is 1. The van der Waals surface area contributed by atoms with E-state index < -0.39 is 0 Å². The molecule has 2 aromatic carbocycles. The molecular weight excluding hydrogens is 566 g/mol. The second-order valence-corrected chi connectivity index (χ2v) is 10.5. The maximum atomic E-state index is 13.2.